The summed E-state index contributed by atoms with van der Waals surface area (Å²) in [4.78, 5) is 22.2. The van der Waals surface area contributed by atoms with E-state index in [1.165, 1.54) is 11.3 Å². The monoisotopic (exact) mass is 409 g/mol. The first-order valence-corrected chi connectivity index (χ1v) is 9.77. The van der Waals surface area contributed by atoms with Gasteiger partial charge in [-0.2, -0.15) is 5.10 Å². The molecular formula is C20H16ClN5OS. The summed E-state index contributed by atoms with van der Waals surface area (Å²) in [6, 6.07) is 13.0. The van der Waals surface area contributed by atoms with E-state index >= 15 is 0 Å². The van der Waals surface area contributed by atoms with Crippen LogP contribution in [0.1, 0.15) is 20.9 Å². The highest BCUT2D eigenvalue weighted by atomic mass is 35.5. The molecule has 0 unspecified atom stereocenters. The van der Waals surface area contributed by atoms with Crippen LogP contribution in [0.2, 0.25) is 5.02 Å². The van der Waals surface area contributed by atoms with Crippen LogP contribution in [0, 0.1) is 6.92 Å². The number of pyridine rings is 1. The van der Waals surface area contributed by atoms with Gasteiger partial charge >= 0.3 is 0 Å². The molecule has 0 aliphatic rings. The molecule has 0 bridgehead atoms. The van der Waals surface area contributed by atoms with Crippen molar-refractivity contribution in [3.63, 3.8) is 0 Å². The second-order valence-corrected chi connectivity index (χ2v) is 7.50. The van der Waals surface area contributed by atoms with Gasteiger partial charge < -0.3 is 5.32 Å². The van der Waals surface area contributed by atoms with Crippen LogP contribution in [0.15, 0.2) is 61.1 Å². The Morgan fingerprint density at radius 3 is 2.75 bits per heavy atom. The molecule has 0 aliphatic heterocycles. The molecule has 0 spiro atoms. The third kappa shape index (κ3) is 3.81. The number of carbonyl (C=O) groups is 1. The number of benzene rings is 1. The number of halogens is 1. The summed E-state index contributed by atoms with van der Waals surface area (Å²) in [7, 11) is 0. The van der Waals surface area contributed by atoms with Gasteiger partial charge in [0.1, 0.15) is 9.88 Å². The van der Waals surface area contributed by atoms with E-state index in [9.17, 15) is 4.79 Å². The lowest BCUT2D eigenvalue weighted by Crippen LogP contribution is -2.23. The molecule has 3 heterocycles. The molecule has 6 nitrogen and oxygen atoms in total. The average Bonchev–Trinajstić information content (AvgIpc) is 3.37. The summed E-state index contributed by atoms with van der Waals surface area (Å²) in [5, 5.41) is 8.63. The third-order valence-corrected chi connectivity index (χ3v) is 5.58. The van der Waals surface area contributed by atoms with E-state index in [0.717, 1.165) is 16.1 Å². The van der Waals surface area contributed by atoms with Crippen molar-refractivity contribution in [3.8, 4) is 16.4 Å². The molecule has 0 fully saturated rings. The van der Waals surface area contributed by atoms with Gasteiger partial charge in [-0.3, -0.25) is 4.79 Å². The van der Waals surface area contributed by atoms with Crippen LogP contribution >= 0.6 is 22.9 Å². The van der Waals surface area contributed by atoms with E-state index in [0.29, 0.717) is 28.0 Å². The van der Waals surface area contributed by atoms with Gasteiger partial charge in [-0.05, 0) is 31.2 Å². The lowest BCUT2D eigenvalue weighted by atomic mass is 10.2. The largest absolute Gasteiger partial charge is 0.347 e. The average molecular weight is 410 g/mol. The standard InChI is InChI=1S/C20H16ClN5OS/c1-13-17(28-20(25-13)14-5-7-16(21)8-6-14)19(27)23-12-15-4-2-9-22-18(15)26-11-3-10-24-26/h2-11H,12H2,1H3,(H,23,27). The lowest BCUT2D eigenvalue weighted by molar-refractivity contribution is 0.0954. The summed E-state index contributed by atoms with van der Waals surface area (Å²) in [5.41, 5.74) is 2.51. The molecule has 8 heteroatoms. The second kappa shape index (κ2) is 7.92. The summed E-state index contributed by atoms with van der Waals surface area (Å²) >= 11 is 7.31. The molecule has 4 aromatic rings. The zero-order valence-corrected chi connectivity index (χ0v) is 16.5. The molecule has 0 radical (unpaired) electrons. The molecule has 140 valence electrons. The van der Waals surface area contributed by atoms with Crippen molar-refractivity contribution in [2.24, 2.45) is 0 Å². The van der Waals surface area contributed by atoms with Gasteiger partial charge in [-0.15, -0.1) is 11.3 Å². The Labute approximate surface area is 170 Å². The van der Waals surface area contributed by atoms with Crippen molar-refractivity contribution < 1.29 is 4.79 Å². The van der Waals surface area contributed by atoms with Crippen LogP contribution in [0.4, 0.5) is 0 Å². The number of aryl methyl sites for hydroxylation is 1. The molecule has 0 saturated heterocycles. The van der Waals surface area contributed by atoms with Crippen molar-refractivity contribution in [3.05, 3.63) is 82.2 Å². The molecule has 0 aliphatic carbocycles. The third-order valence-electron chi connectivity index (χ3n) is 4.12. The summed E-state index contributed by atoms with van der Waals surface area (Å²) in [6.45, 7) is 2.18. The van der Waals surface area contributed by atoms with E-state index in [1.807, 2.05) is 55.6 Å². The number of hydrogen-bond donors (Lipinski definition) is 1. The Morgan fingerprint density at radius 1 is 1.18 bits per heavy atom. The Morgan fingerprint density at radius 2 is 2.00 bits per heavy atom. The van der Waals surface area contributed by atoms with Crippen LogP contribution in [0.3, 0.4) is 0 Å². The molecule has 4 rings (SSSR count). The van der Waals surface area contributed by atoms with Gasteiger partial charge in [0.15, 0.2) is 5.82 Å². The fourth-order valence-corrected chi connectivity index (χ4v) is 3.86. The molecule has 0 saturated carbocycles. The van der Waals surface area contributed by atoms with Crippen LogP contribution in [-0.4, -0.2) is 25.7 Å². The number of thiazole rings is 1. The number of nitrogens with one attached hydrogen (secondary N) is 1. The molecule has 1 N–H and O–H groups in total. The highest BCUT2D eigenvalue weighted by Gasteiger charge is 2.17. The van der Waals surface area contributed by atoms with Crippen molar-refractivity contribution in [2.45, 2.75) is 13.5 Å². The van der Waals surface area contributed by atoms with Crippen molar-refractivity contribution in [2.75, 3.05) is 0 Å². The van der Waals surface area contributed by atoms with Gasteiger partial charge in [-0.25, -0.2) is 14.6 Å². The number of carbonyl (C=O) groups excluding carboxylic acids is 1. The van der Waals surface area contributed by atoms with Crippen LogP contribution in [-0.2, 0) is 6.54 Å². The summed E-state index contributed by atoms with van der Waals surface area (Å²) < 4.78 is 1.68. The van der Waals surface area contributed by atoms with Gasteiger partial charge in [0.25, 0.3) is 5.91 Å². The Kier molecular flexibility index (Phi) is 5.18. The first-order chi connectivity index (χ1) is 13.6. The van der Waals surface area contributed by atoms with E-state index in [2.05, 4.69) is 20.4 Å². The fourth-order valence-electron chi connectivity index (χ4n) is 2.75. The zero-order chi connectivity index (χ0) is 19.5. The van der Waals surface area contributed by atoms with Crippen LogP contribution < -0.4 is 5.32 Å². The number of rotatable bonds is 5. The summed E-state index contributed by atoms with van der Waals surface area (Å²) in [5.74, 6) is 0.529. The SMILES string of the molecule is Cc1nc(-c2ccc(Cl)cc2)sc1C(=O)NCc1cccnc1-n1cccn1. The predicted octanol–water partition coefficient (Wildman–Crippen LogP) is 4.28. The maximum Gasteiger partial charge on any atom is 0.263 e. The number of nitrogens with zero attached hydrogens (tertiary/aromatic N) is 4. The number of hydrogen-bond acceptors (Lipinski definition) is 5. The van der Waals surface area contributed by atoms with Gasteiger partial charge in [-0.1, -0.05) is 29.8 Å². The second-order valence-electron chi connectivity index (χ2n) is 6.06. The summed E-state index contributed by atoms with van der Waals surface area (Å²) in [6.07, 6.45) is 5.21. The highest BCUT2D eigenvalue weighted by molar-refractivity contribution is 7.17. The van der Waals surface area contributed by atoms with E-state index in [-0.39, 0.29) is 5.91 Å². The van der Waals surface area contributed by atoms with E-state index < -0.39 is 0 Å². The molecule has 1 amide bonds. The highest BCUT2D eigenvalue weighted by Crippen LogP contribution is 2.28. The lowest BCUT2D eigenvalue weighted by Gasteiger charge is -2.09. The minimum atomic E-state index is -0.162. The first kappa shape index (κ1) is 18.3. The minimum absolute atomic E-state index is 0.162. The zero-order valence-electron chi connectivity index (χ0n) is 15.0. The van der Waals surface area contributed by atoms with E-state index in [1.54, 1.807) is 17.1 Å². The van der Waals surface area contributed by atoms with Crippen molar-refractivity contribution in [1.82, 2.24) is 25.1 Å². The van der Waals surface area contributed by atoms with Crippen LogP contribution in [0.25, 0.3) is 16.4 Å². The van der Waals surface area contributed by atoms with Gasteiger partial charge in [0.05, 0.1) is 5.69 Å². The number of aromatic nitrogens is 4. The van der Waals surface area contributed by atoms with Gasteiger partial charge in [0, 0.05) is 41.3 Å². The normalized spacial score (nSPS) is 10.8. The van der Waals surface area contributed by atoms with Crippen molar-refractivity contribution >= 4 is 28.8 Å². The maximum absolute atomic E-state index is 12.7. The molecule has 28 heavy (non-hydrogen) atoms. The quantitative estimate of drug-likeness (QED) is 0.534. The molecular weight excluding hydrogens is 394 g/mol. The number of amides is 1. The Balaban J connectivity index is 1.52. The topological polar surface area (TPSA) is 72.7 Å². The smallest absolute Gasteiger partial charge is 0.263 e. The predicted molar refractivity (Wildman–Crippen MR) is 110 cm³/mol. The molecule has 3 aromatic heterocycles. The minimum Gasteiger partial charge on any atom is -0.347 e. The molecule has 1 aromatic carbocycles. The van der Waals surface area contributed by atoms with Crippen LogP contribution in [0.5, 0.6) is 0 Å². The van der Waals surface area contributed by atoms with E-state index in [4.69, 9.17) is 11.6 Å². The maximum atomic E-state index is 12.7. The van der Waals surface area contributed by atoms with Gasteiger partial charge in [0.2, 0.25) is 0 Å². The fraction of sp³-hybridized carbons (Fsp3) is 0.100. The van der Waals surface area contributed by atoms with Crippen molar-refractivity contribution in [1.29, 1.82) is 0 Å². The Bertz CT molecular complexity index is 1110. The Hall–Kier alpha value is -3.03. The first-order valence-electron chi connectivity index (χ1n) is 8.57. The molecule has 0 atom stereocenters.